The molecule has 0 saturated heterocycles. The molecule has 0 aliphatic rings. The fourth-order valence-electron chi connectivity index (χ4n) is 2.27. The van der Waals surface area contributed by atoms with Crippen LogP contribution in [0.1, 0.15) is 11.1 Å². The summed E-state index contributed by atoms with van der Waals surface area (Å²) in [6.45, 7) is -0.408. The number of methoxy groups -OCH3 is 1. The molecule has 0 atom stereocenters. The van der Waals surface area contributed by atoms with Crippen LogP contribution in [0.15, 0.2) is 42.5 Å². The van der Waals surface area contributed by atoms with Crippen molar-refractivity contribution in [3.8, 4) is 11.5 Å². The van der Waals surface area contributed by atoms with Crippen LogP contribution in [0, 0.1) is 6.92 Å². The first-order valence-electron chi connectivity index (χ1n) is 7.60. The normalized spacial score (nSPS) is 10.5. The van der Waals surface area contributed by atoms with Crippen LogP contribution in [-0.2, 0) is 6.54 Å². The highest BCUT2D eigenvalue weighted by molar-refractivity contribution is 7.80. The van der Waals surface area contributed by atoms with E-state index in [0.717, 1.165) is 16.8 Å². The molecule has 7 heteroatoms. The lowest BCUT2D eigenvalue weighted by atomic mass is 10.2. The Balaban J connectivity index is 2.05. The molecule has 0 amide bonds. The molecule has 2 aromatic rings. The number of aryl methyl sites for hydroxylation is 1. The highest BCUT2D eigenvalue weighted by Crippen LogP contribution is 2.29. The summed E-state index contributed by atoms with van der Waals surface area (Å²) in [5.41, 5.74) is 2.89. The van der Waals surface area contributed by atoms with E-state index in [4.69, 9.17) is 17.0 Å². The van der Waals surface area contributed by atoms with Gasteiger partial charge in [-0.25, -0.2) is 0 Å². The van der Waals surface area contributed by atoms with E-state index >= 15 is 0 Å². The minimum absolute atomic E-state index is 0.00418. The Kier molecular flexibility index (Phi) is 6.52. The number of rotatable bonds is 6. The molecule has 1 N–H and O–H groups in total. The number of alkyl halides is 2. The number of para-hydroxylation sites is 1. The topological polar surface area (TPSA) is 33.7 Å². The molecule has 0 bridgehead atoms. The van der Waals surface area contributed by atoms with Gasteiger partial charge in [0.1, 0.15) is 0 Å². The molecule has 0 fully saturated rings. The van der Waals surface area contributed by atoms with Gasteiger partial charge in [-0.15, -0.1) is 0 Å². The van der Waals surface area contributed by atoms with Crippen molar-refractivity contribution in [3.63, 3.8) is 0 Å². The average Bonchev–Trinajstić information content (AvgIpc) is 2.57. The predicted octanol–water partition coefficient (Wildman–Crippen LogP) is 4.43. The Morgan fingerprint density at radius 3 is 2.56 bits per heavy atom. The number of nitrogens with zero attached hydrogens (tertiary/aromatic N) is 1. The lowest BCUT2D eigenvalue weighted by Crippen LogP contribution is -2.30. The van der Waals surface area contributed by atoms with Crippen LogP contribution in [0.4, 0.5) is 14.5 Å². The third-order valence-electron chi connectivity index (χ3n) is 3.60. The van der Waals surface area contributed by atoms with Crippen molar-refractivity contribution in [3.05, 3.63) is 53.6 Å². The second-order valence-electron chi connectivity index (χ2n) is 5.46. The number of ether oxygens (including phenoxy) is 2. The Hall–Kier alpha value is -2.41. The monoisotopic (exact) mass is 366 g/mol. The van der Waals surface area contributed by atoms with Crippen molar-refractivity contribution in [1.29, 1.82) is 0 Å². The Morgan fingerprint density at radius 1 is 1.20 bits per heavy atom. The molecule has 0 spiro atoms. The van der Waals surface area contributed by atoms with Crippen LogP contribution in [-0.4, -0.2) is 30.8 Å². The summed E-state index contributed by atoms with van der Waals surface area (Å²) in [5.74, 6) is 0.258. The molecular weight excluding hydrogens is 346 g/mol. The van der Waals surface area contributed by atoms with Gasteiger partial charge in [-0.05, 0) is 48.5 Å². The van der Waals surface area contributed by atoms with Crippen molar-refractivity contribution in [2.24, 2.45) is 0 Å². The minimum atomic E-state index is -2.90. The van der Waals surface area contributed by atoms with Crippen LogP contribution in [0.2, 0.25) is 0 Å². The fourth-order valence-corrected chi connectivity index (χ4v) is 2.45. The van der Waals surface area contributed by atoms with Gasteiger partial charge >= 0.3 is 6.61 Å². The number of nitrogens with one attached hydrogen (secondary N) is 1. The Bertz CT molecular complexity index is 741. The van der Waals surface area contributed by atoms with E-state index in [9.17, 15) is 8.78 Å². The molecule has 0 aliphatic carbocycles. The lowest BCUT2D eigenvalue weighted by Gasteiger charge is -2.22. The van der Waals surface area contributed by atoms with Gasteiger partial charge in [-0.2, -0.15) is 8.78 Å². The number of anilines is 1. The van der Waals surface area contributed by atoms with Gasteiger partial charge in [0.15, 0.2) is 16.6 Å². The maximum absolute atomic E-state index is 12.4. The minimum Gasteiger partial charge on any atom is -0.493 e. The van der Waals surface area contributed by atoms with Crippen molar-refractivity contribution >= 4 is 23.0 Å². The maximum Gasteiger partial charge on any atom is 0.387 e. The summed E-state index contributed by atoms with van der Waals surface area (Å²) < 4.78 is 34.3. The molecule has 2 aromatic carbocycles. The first-order chi connectivity index (χ1) is 11.9. The van der Waals surface area contributed by atoms with Gasteiger partial charge in [-0.3, -0.25) is 0 Å². The van der Waals surface area contributed by atoms with E-state index in [1.54, 1.807) is 12.1 Å². The molecule has 0 aliphatic heterocycles. The summed E-state index contributed by atoms with van der Waals surface area (Å²) >= 11 is 5.42. The van der Waals surface area contributed by atoms with Crippen molar-refractivity contribution in [1.82, 2.24) is 4.90 Å². The zero-order chi connectivity index (χ0) is 18.4. The van der Waals surface area contributed by atoms with E-state index in [1.807, 2.05) is 43.1 Å². The van der Waals surface area contributed by atoms with E-state index < -0.39 is 6.61 Å². The zero-order valence-corrected chi connectivity index (χ0v) is 15.1. The smallest absolute Gasteiger partial charge is 0.387 e. The van der Waals surface area contributed by atoms with Gasteiger partial charge in [0.2, 0.25) is 0 Å². The number of thiocarbonyl (C=S) groups is 1. The largest absolute Gasteiger partial charge is 0.493 e. The summed E-state index contributed by atoms with van der Waals surface area (Å²) in [6.07, 6.45) is 0. The van der Waals surface area contributed by atoms with Gasteiger partial charge in [0.25, 0.3) is 0 Å². The van der Waals surface area contributed by atoms with Gasteiger partial charge < -0.3 is 19.7 Å². The van der Waals surface area contributed by atoms with E-state index in [-0.39, 0.29) is 11.5 Å². The van der Waals surface area contributed by atoms with Crippen LogP contribution >= 0.6 is 12.2 Å². The standard InChI is InChI=1S/C18H20F2N2O2S/c1-12-6-4-5-7-14(12)21-18(25)22(2)11-13-8-9-15(24-17(19)20)16(10-13)23-3/h4-10,17H,11H2,1-3H3,(H,21,25). The Labute approximate surface area is 151 Å². The third-order valence-corrected chi connectivity index (χ3v) is 4.01. The first kappa shape index (κ1) is 18.9. The van der Waals surface area contributed by atoms with E-state index in [2.05, 4.69) is 10.1 Å². The number of halogens is 2. The third kappa shape index (κ3) is 5.29. The molecule has 0 aromatic heterocycles. The fraction of sp³-hybridized carbons (Fsp3) is 0.278. The second-order valence-corrected chi connectivity index (χ2v) is 5.85. The quantitative estimate of drug-likeness (QED) is 0.765. The molecule has 0 heterocycles. The summed E-state index contributed by atoms with van der Waals surface area (Å²) in [7, 11) is 3.26. The summed E-state index contributed by atoms with van der Waals surface area (Å²) in [6, 6.07) is 12.7. The lowest BCUT2D eigenvalue weighted by molar-refractivity contribution is -0.0512. The molecule has 2 rings (SSSR count). The second kappa shape index (κ2) is 8.62. The van der Waals surface area contributed by atoms with Crippen LogP contribution in [0.3, 0.4) is 0 Å². The molecule has 0 radical (unpaired) electrons. The number of benzene rings is 2. The van der Waals surface area contributed by atoms with Crippen LogP contribution < -0.4 is 14.8 Å². The van der Waals surface area contributed by atoms with Crippen molar-refractivity contribution in [2.75, 3.05) is 19.5 Å². The van der Waals surface area contributed by atoms with Gasteiger partial charge in [0.05, 0.1) is 7.11 Å². The van der Waals surface area contributed by atoms with Crippen molar-refractivity contribution < 1.29 is 18.3 Å². The molecular formula is C18H20F2N2O2S. The van der Waals surface area contributed by atoms with Gasteiger partial charge in [-0.1, -0.05) is 24.3 Å². The van der Waals surface area contributed by atoms with E-state index in [1.165, 1.54) is 13.2 Å². The molecule has 25 heavy (non-hydrogen) atoms. The maximum atomic E-state index is 12.4. The highest BCUT2D eigenvalue weighted by Gasteiger charge is 2.13. The molecule has 0 unspecified atom stereocenters. The average molecular weight is 366 g/mol. The van der Waals surface area contributed by atoms with Crippen LogP contribution in [0.5, 0.6) is 11.5 Å². The number of hydrogen-bond donors (Lipinski definition) is 1. The summed E-state index contributed by atoms with van der Waals surface area (Å²) in [5, 5.41) is 3.76. The van der Waals surface area contributed by atoms with Gasteiger partial charge in [0, 0.05) is 19.3 Å². The number of hydrogen-bond acceptors (Lipinski definition) is 3. The summed E-state index contributed by atoms with van der Waals surface area (Å²) in [4.78, 5) is 1.85. The zero-order valence-electron chi connectivity index (χ0n) is 14.3. The Morgan fingerprint density at radius 2 is 1.92 bits per heavy atom. The molecule has 4 nitrogen and oxygen atoms in total. The molecule has 134 valence electrons. The van der Waals surface area contributed by atoms with Crippen molar-refractivity contribution in [2.45, 2.75) is 20.1 Å². The SMILES string of the molecule is COc1cc(CN(C)C(=S)Nc2ccccc2C)ccc1OC(F)F. The highest BCUT2D eigenvalue weighted by atomic mass is 32.1. The molecule has 0 saturated carbocycles. The van der Waals surface area contributed by atoms with E-state index in [0.29, 0.717) is 11.7 Å². The van der Waals surface area contributed by atoms with Crippen LogP contribution in [0.25, 0.3) is 0 Å². The predicted molar refractivity (Wildman–Crippen MR) is 98.5 cm³/mol. The first-order valence-corrected chi connectivity index (χ1v) is 8.01.